The average Bonchev–Trinajstić information content (AvgIpc) is 2.43. The van der Waals surface area contributed by atoms with Gasteiger partial charge >= 0.3 is 0 Å². The predicted molar refractivity (Wildman–Crippen MR) is 80.0 cm³/mol. The van der Waals surface area contributed by atoms with E-state index in [0.29, 0.717) is 16.3 Å². The van der Waals surface area contributed by atoms with Crippen LogP contribution in [0.2, 0.25) is 5.02 Å². The molecule has 104 valence electrons. The first-order valence-electron chi connectivity index (χ1n) is 5.93. The molecule has 0 saturated heterocycles. The molecule has 0 bridgehead atoms. The average molecular weight is 358 g/mol. The van der Waals surface area contributed by atoms with Crippen LogP contribution in [-0.4, -0.2) is 12.4 Å². The molecule has 0 aliphatic carbocycles. The third-order valence-electron chi connectivity index (χ3n) is 2.65. The van der Waals surface area contributed by atoms with Gasteiger partial charge in [-0.2, -0.15) is 0 Å². The van der Waals surface area contributed by atoms with Crippen LogP contribution in [-0.2, 0) is 0 Å². The minimum atomic E-state index is -0.362. The number of halogens is 3. The molecule has 0 radical (unpaired) electrons. The Labute approximate surface area is 129 Å². The van der Waals surface area contributed by atoms with Crippen molar-refractivity contribution in [3.05, 3.63) is 63.3 Å². The molecule has 2 aromatic rings. The van der Waals surface area contributed by atoms with Gasteiger partial charge in [-0.1, -0.05) is 27.5 Å². The van der Waals surface area contributed by atoms with Crippen LogP contribution in [0.15, 0.2) is 46.9 Å². The van der Waals surface area contributed by atoms with Gasteiger partial charge in [-0.3, -0.25) is 4.79 Å². The number of carbonyl (C=O) groups excluding carboxylic acids is 1. The van der Waals surface area contributed by atoms with E-state index in [0.717, 1.165) is 4.47 Å². The van der Waals surface area contributed by atoms with Crippen LogP contribution >= 0.6 is 27.5 Å². The van der Waals surface area contributed by atoms with Gasteiger partial charge in [0.25, 0.3) is 0 Å². The quantitative estimate of drug-likeness (QED) is 0.712. The third-order valence-corrected chi connectivity index (χ3v) is 3.45. The van der Waals surface area contributed by atoms with Crippen molar-refractivity contribution in [1.82, 2.24) is 0 Å². The van der Waals surface area contributed by atoms with Crippen molar-refractivity contribution in [2.45, 2.75) is 6.42 Å². The van der Waals surface area contributed by atoms with E-state index in [2.05, 4.69) is 15.9 Å². The molecule has 20 heavy (non-hydrogen) atoms. The van der Waals surface area contributed by atoms with Gasteiger partial charge in [0.15, 0.2) is 5.78 Å². The van der Waals surface area contributed by atoms with Crippen LogP contribution in [0.25, 0.3) is 0 Å². The summed E-state index contributed by atoms with van der Waals surface area (Å²) in [6, 6.07) is 10.7. The van der Waals surface area contributed by atoms with Crippen molar-refractivity contribution in [2.24, 2.45) is 0 Å². The smallest absolute Gasteiger partial charge is 0.166 e. The normalized spacial score (nSPS) is 10.3. The van der Waals surface area contributed by atoms with E-state index < -0.39 is 0 Å². The summed E-state index contributed by atoms with van der Waals surface area (Å²) in [5.41, 5.74) is 0.468. The van der Waals surface area contributed by atoms with Gasteiger partial charge < -0.3 is 4.74 Å². The van der Waals surface area contributed by atoms with Crippen molar-refractivity contribution in [2.75, 3.05) is 6.61 Å². The second-order valence-electron chi connectivity index (χ2n) is 4.10. The molecule has 0 amide bonds. The molecule has 2 nitrogen and oxygen atoms in total. The van der Waals surface area contributed by atoms with Crippen LogP contribution in [0.4, 0.5) is 4.39 Å². The number of rotatable bonds is 5. The first-order valence-corrected chi connectivity index (χ1v) is 7.10. The summed E-state index contributed by atoms with van der Waals surface area (Å²) in [6.45, 7) is 0.215. The maximum absolute atomic E-state index is 12.8. The lowest BCUT2D eigenvalue weighted by atomic mass is 10.1. The van der Waals surface area contributed by atoms with Crippen molar-refractivity contribution in [3.8, 4) is 5.75 Å². The molecular weight excluding hydrogens is 347 g/mol. The molecule has 0 heterocycles. The van der Waals surface area contributed by atoms with Gasteiger partial charge in [0.2, 0.25) is 0 Å². The van der Waals surface area contributed by atoms with E-state index in [-0.39, 0.29) is 24.6 Å². The van der Waals surface area contributed by atoms with Gasteiger partial charge in [0, 0.05) is 16.5 Å². The Bertz CT molecular complexity index is 614. The second kappa shape index (κ2) is 6.86. The molecule has 2 rings (SSSR count). The summed E-state index contributed by atoms with van der Waals surface area (Å²) in [7, 11) is 0. The van der Waals surface area contributed by atoms with Gasteiger partial charge in [0.1, 0.15) is 11.6 Å². The standard InChI is InChI=1S/C15H11BrClFO2/c16-11-3-6-13(17)15(9-11)20-8-7-14(19)10-1-4-12(18)5-2-10/h1-6,9H,7-8H2. The van der Waals surface area contributed by atoms with Crippen molar-refractivity contribution in [3.63, 3.8) is 0 Å². The maximum Gasteiger partial charge on any atom is 0.166 e. The highest BCUT2D eigenvalue weighted by Crippen LogP contribution is 2.28. The maximum atomic E-state index is 12.8. The summed E-state index contributed by atoms with van der Waals surface area (Å²) in [6.07, 6.45) is 0.203. The molecule has 0 N–H and O–H groups in total. The Hall–Kier alpha value is -1.39. The number of hydrogen-bond acceptors (Lipinski definition) is 2. The predicted octanol–water partition coefficient (Wildman–Crippen LogP) is 4.89. The largest absolute Gasteiger partial charge is 0.492 e. The lowest BCUT2D eigenvalue weighted by Crippen LogP contribution is -2.07. The zero-order chi connectivity index (χ0) is 14.5. The van der Waals surface area contributed by atoms with Crippen molar-refractivity contribution in [1.29, 1.82) is 0 Å². The third kappa shape index (κ3) is 4.05. The van der Waals surface area contributed by atoms with E-state index >= 15 is 0 Å². The van der Waals surface area contributed by atoms with E-state index in [1.54, 1.807) is 18.2 Å². The SMILES string of the molecule is O=C(CCOc1cc(Br)ccc1Cl)c1ccc(F)cc1. The molecular formula is C15H11BrClFO2. The molecule has 2 aromatic carbocycles. The Morgan fingerprint density at radius 3 is 2.60 bits per heavy atom. The molecule has 0 aromatic heterocycles. The van der Waals surface area contributed by atoms with Gasteiger partial charge in [-0.25, -0.2) is 4.39 Å². The second-order valence-corrected chi connectivity index (χ2v) is 5.43. The highest BCUT2D eigenvalue weighted by Gasteiger charge is 2.08. The Morgan fingerprint density at radius 2 is 1.90 bits per heavy atom. The molecule has 5 heteroatoms. The Morgan fingerprint density at radius 1 is 1.20 bits per heavy atom. The fourth-order valence-electron chi connectivity index (χ4n) is 1.62. The fraction of sp³-hybridized carbons (Fsp3) is 0.133. The first-order chi connectivity index (χ1) is 9.56. The van der Waals surface area contributed by atoms with Crippen LogP contribution < -0.4 is 4.74 Å². The zero-order valence-electron chi connectivity index (χ0n) is 10.4. The van der Waals surface area contributed by atoms with Gasteiger partial charge in [-0.15, -0.1) is 0 Å². The fourth-order valence-corrected chi connectivity index (χ4v) is 2.13. The molecule has 0 fully saturated rings. The molecule has 0 unspecified atom stereocenters. The number of hydrogen-bond donors (Lipinski definition) is 0. The number of carbonyl (C=O) groups is 1. The van der Waals surface area contributed by atoms with Crippen LogP contribution in [0, 0.1) is 5.82 Å². The monoisotopic (exact) mass is 356 g/mol. The van der Waals surface area contributed by atoms with Crippen LogP contribution in [0.5, 0.6) is 5.75 Å². The number of ketones is 1. The topological polar surface area (TPSA) is 26.3 Å². The van der Waals surface area contributed by atoms with Gasteiger partial charge in [-0.05, 0) is 42.5 Å². The van der Waals surface area contributed by atoms with Crippen molar-refractivity contribution < 1.29 is 13.9 Å². The summed E-state index contributed by atoms with van der Waals surface area (Å²) in [5.74, 6) is 0.0581. The highest BCUT2D eigenvalue weighted by atomic mass is 79.9. The zero-order valence-corrected chi connectivity index (χ0v) is 12.7. The lowest BCUT2D eigenvalue weighted by Gasteiger charge is -2.08. The number of ether oxygens (including phenoxy) is 1. The summed E-state index contributed by atoms with van der Waals surface area (Å²) in [5, 5.41) is 0.488. The van der Waals surface area contributed by atoms with E-state index in [1.807, 2.05) is 0 Å². The van der Waals surface area contributed by atoms with Crippen molar-refractivity contribution >= 4 is 33.3 Å². The number of benzene rings is 2. The van der Waals surface area contributed by atoms with Crippen LogP contribution in [0.1, 0.15) is 16.8 Å². The highest BCUT2D eigenvalue weighted by molar-refractivity contribution is 9.10. The molecule has 0 atom stereocenters. The van der Waals surface area contributed by atoms with E-state index in [9.17, 15) is 9.18 Å². The summed E-state index contributed by atoms with van der Waals surface area (Å²) >= 11 is 9.29. The minimum absolute atomic E-state index is 0.101. The van der Waals surface area contributed by atoms with Gasteiger partial charge in [0.05, 0.1) is 11.6 Å². The van der Waals surface area contributed by atoms with E-state index in [4.69, 9.17) is 16.3 Å². The van der Waals surface area contributed by atoms with E-state index in [1.165, 1.54) is 24.3 Å². The minimum Gasteiger partial charge on any atom is -0.492 e. The Balaban J connectivity index is 1.91. The molecule has 0 aliphatic rings. The van der Waals surface area contributed by atoms with Crippen LogP contribution in [0.3, 0.4) is 0 Å². The Kier molecular flexibility index (Phi) is 5.15. The molecule has 0 aliphatic heterocycles. The number of Topliss-reactive ketones (excluding diaryl/α,β-unsaturated/α-hetero) is 1. The first kappa shape index (κ1) is 15.0. The summed E-state index contributed by atoms with van der Waals surface area (Å²) < 4.78 is 19.1. The lowest BCUT2D eigenvalue weighted by molar-refractivity contribution is 0.0962. The molecule has 0 saturated carbocycles. The molecule has 0 spiro atoms. The summed E-state index contributed by atoms with van der Waals surface area (Å²) in [4.78, 5) is 11.9.